The van der Waals surface area contributed by atoms with Crippen molar-refractivity contribution in [2.75, 3.05) is 23.7 Å². The molecule has 0 aliphatic carbocycles. The van der Waals surface area contributed by atoms with Gasteiger partial charge in [-0.3, -0.25) is 0 Å². The van der Waals surface area contributed by atoms with Crippen molar-refractivity contribution in [2.24, 2.45) is 0 Å². The molecule has 2 atom stereocenters. The van der Waals surface area contributed by atoms with Crippen LogP contribution in [-0.4, -0.2) is 34.1 Å². The molecule has 4 heterocycles. The second-order valence-electron chi connectivity index (χ2n) is 7.81. The van der Waals surface area contributed by atoms with Gasteiger partial charge in [-0.1, -0.05) is 37.3 Å². The number of anilines is 2. The molecule has 158 valence electrons. The van der Waals surface area contributed by atoms with Gasteiger partial charge in [-0.2, -0.15) is 0 Å². The van der Waals surface area contributed by atoms with Crippen LogP contribution in [0.15, 0.2) is 60.1 Å². The molecule has 1 aliphatic rings. The summed E-state index contributed by atoms with van der Waals surface area (Å²) in [6.45, 7) is 4.19. The lowest BCUT2D eigenvalue weighted by Gasteiger charge is -2.18. The third-order valence-electron chi connectivity index (χ3n) is 5.66. The van der Waals surface area contributed by atoms with Crippen molar-refractivity contribution in [3.05, 3.63) is 65.7 Å². The molecule has 7 heteroatoms. The Morgan fingerprint density at radius 2 is 2.06 bits per heavy atom. The summed E-state index contributed by atoms with van der Waals surface area (Å²) < 4.78 is 1.11. The molecule has 0 bridgehead atoms. The van der Waals surface area contributed by atoms with Crippen molar-refractivity contribution in [3.8, 4) is 11.4 Å². The molecule has 1 aliphatic heterocycles. The Morgan fingerprint density at radius 1 is 1.16 bits per heavy atom. The van der Waals surface area contributed by atoms with Gasteiger partial charge in [0.1, 0.15) is 11.6 Å². The molecule has 31 heavy (non-hydrogen) atoms. The average molecular weight is 431 g/mol. The third-order valence-corrected chi connectivity index (χ3v) is 6.57. The maximum Gasteiger partial charge on any atom is 0.162 e. The van der Waals surface area contributed by atoms with Crippen molar-refractivity contribution >= 4 is 33.2 Å². The van der Waals surface area contributed by atoms with E-state index in [1.54, 1.807) is 11.3 Å². The lowest BCUT2D eigenvalue weighted by molar-refractivity contribution is 0.744. The summed E-state index contributed by atoms with van der Waals surface area (Å²) in [5.41, 5.74) is 3.19. The van der Waals surface area contributed by atoms with E-state index < -0.39 is 0 Å². The van der Waals surface area contributed by atoms with Gasteiger partial charge in [0.25, 0.3) is 0 Å². The number of rotatable bonds is 7. The normalized spacial score (nSPS) is 17.0. The Hall–Kier alpha value is -3.03. The number of nitrogens with zero attached hydrogens (tertiary/aromatic N) is 3. The van der Waals surface area contributed by atoms with Crippen molar-refractivity contribution in [1.82, 2.24) is 20.3 Å². The van der Waals surface area contributed by atoms with E-state index in [4.69, 9.17) is 9.97 Å². The monoisotopic (exact) mass is 430 g/mol. The van der Waals surface area contributed by atoms with E-state index in [0.717, 1.165) is 59.2 Å². The van der Waals surface area contributed by atoms with Crippen LogP contribution in [0.4, 0.5) is 11.6 Å². The summed E-state index contributed by atoms with van der Waals surface area (Å²) in [6, 6.07) is 17.2. The molecule has 0 amide bonds. The summed E-state index contributed by atoms with van der Waals surface area (Å²) >= 11 is 1.68. The maximum atomic E-state index is 4.91. The minimum atomic E-state index is 0.205. The van der Waals surface area contributed by atoms with Gasteiger partial charge in [-0.05, 0) is 48.5 Å². The van der Waals surface area contributed by atoms with Gasteiger partial charge in [0.15, 0.2) is 5.82 Å². The van der Waals surface area contributed by atoms with Crippen LogP contribution in [0.2, 0.25) is 0 Å². The fraction of sp³-hybridized carbons (Fsp3) is 0.292. The zero-order valence-electron chi connectivity index (χ0n) is 17.5. The first kappa shape index (κ1) is 19.9. The van der Waals surface area contributed by atoms with Gasteiger partial charge in [-0.25, -0.2) is 15.0 Å². The third kappa shape index (κ3) is 4.38. The Morgan fingerprint density at radius 3 is 2.87 bits per heavy atom. The second-order valence-corrected chi connectivity index (χ2v) is 8.73. The van der Waals surface area contributed by atoms with Crippen molar-refractivity contribution in [1.29, 1.82) is 0 Å². The van der Waals surface area contributed by atoms with Crippen LogP contribution in [0.5, 0.6) is 0 Å². The highest BCUT2D eigenvalue weighted by Crippen LogP contribution is 2.31. The van der Waals surface area contributed by atoms with Gasteiger partial charge in [0, 0.05) is 24.3 Å². The van der Waals surface area contributed by atoms with Crippen LogP contribution in [0, 0.1) is 0 Å². The van der Waals surface area contributed by atoms with E-state index in [9.17, 15) is 0 Å². The van der Waals surface area contributed by atoms with Crippen molar-refractivity contribution in [2.45, 2.75) is 31.8 Å². The van der Waals surface area contributed by atoms with E-state index in [1.807, 2.05) is 24.4 Å². The summed E-state index contributed by atoms with van der Waals surface area (Å²) in [5.74, 6) is 2.47. The van der Waals surface area contributed by atoms with Gasteiger partial charge < -0.3 is 16.0 Å². The largest absolute Gasteiger partial charge is 0.365 e. The van der Waals surface area contributed by atoms with Crippen LogP contribution >= 0.6 is 11.3 Å². The topological polar surface area (TPSA) is 74.8 Å². The number of thiophene rings is 1. The fourth-order valence-corrected chi connectivity index (χ4v) is 4.78. The van der Waals surface area contributed by atoms with Gasteiger partial charge >= 0.3 is 0 Å². The molecule has 3 aromatic heterocycles. The molecule has 1 unspecified atom stereocenters. The van der Waals surface area contributed by atoms with Crippen molar-refractivity contribution < 1.29 is 0 Å². The average Bonchev–Trinajstić information content (AvgIpc) is 3.50. The second kappa shape index (κ2) is 8.99. The van der Waals surface area contributed by atoms with Crippen LogP contribution in [-0.2, 0) is 0 Å². The first-order valence-corrected chi connectivity index (χ1v) is 11.7. The predicted octanol–water partition coefficient (Wildman–Crippen LogP) is 5.09. The lowest BCUT2D eigenvalue weighted by atomic mass is 10.0. The SMILES string of the molecule is CC[C@@H](Nc1cc(-c2nc(NC3CCNC3)c3sccc3n2)ccn1)c1ccccc1. The summed E-state index contributed by atoms with van der Waals surface area (Å²) in [4.78, 5) is 14.3. The number of aromatic nitrogens is 3. The minimum Gasteiger partial charge on any atom is -0.365 e. The molecular formula is C24H26N6S. The fourth-order valence-electron chi connectivity index (χ4n) is 4.00. The number of pyridine rings is 1. The molecule has 3 N–H and O–H groups in total. The molecule has 1 aromatic carbocycles. The predicted molar refractivity (Wildman–Crippen MR) is 129 cm³/mol. The summed E-state index contributed by atoms with van der Waals surface area (Å²) in [7, 11) is 0. The van der Waals surface area contributed by atoms with Crippen LogP contribution in [0.25, 0.3) is 21.6 Å². The molecule has 5 rings (SSSR count). The van der Waals surface area contributed by atoms with Gasteiger partial charge in [-0.15, -0.1) is 11.3 Å². The number of fused-ring (bicyclic) bond motifs is 1. The molecule has 4 aromatic rings. The number of hydrogen-bond donors (Lipinski definition) is 3. The molecule has 6 nitrogen and oxygen atoms in total. The van der Waals surface area contributed by atoms with E-state index in [1.165, 1.54) is 5.56 Å². The molecule has 1 saturated heterocycles. The lowest BCUT2D eigenvalue weighted by Crippen LogP contribution is -2.22. The summed E-state index contributed by atoms with van der Waals surface area (Å²) in [6.07, 6.45) is 3.90. The number of hydrogen-bond acceptors (Lipinski definition) is 7. The van der Waals surface area contributed by atoms with Crippen LogP contribution in [0.1, 0.15) is 31.4 Å². The zero-order chi connectivity index (χ0) is 21.0. The van der Waals surface area contributed by atoms with Crippen LogP contribution in [0.3, 0.4) is 0 Å². The summed E-state index contributed by atoms with van der Waals surface area (Å²) in [5, 5.41) is 12.7. The van der Waals surface area contributed by atoms with E-state index in [0.29, 0.717) is 6.04 Å². The number of nitrogens with one attached hydrogen (secondary N) is 3. The number of benzene rings is 1. The molecule has 0 radical (unpaired) electrons. The molecule has 0 spiro atoms. The first-order valence-electron chi connectivity index (χ1n) is 10.8. The Labute approximate surface area is 186 Å². The molecular weight excluding hydrogens is 404 g/mol. The van der Waals surface area contributed by atoms with E-state index in [-0.39, 0.29) is 6.04 Å². The highest BCUT2D eigenvalue weighted by molar-refractivity contribution is 7.17. The Balaban J connectivity index is 1.45. The zero-order valence-corrected chi connectivity index (χ0v) is 18.3. The Kier molecular flexibility index (Phi) is 5.78. The smallest absolute Gasteiger partial charge is 0.162 e. The standard InChI is InChI=1S/C24H26N6S/c1-2-19(16-6-4-3-5-7-16)28-21-14-17(8-12-26-21)23-29-20-10-13-31-22(20)24(30-23)27-18-9-11-25-15-18/h3-8,10,12-14,18-19,25H,2,9,11,15H2,1H3,(H,26,28)(H,27,29,30)/t18?,19-/m1/s1. The minimum absolute atomic E-state index is 0.205. The highest BCUT2D eigenvalue weighted by Gasteiger charge is 2.18. The van der Waals surface area contributed by atoms with Gasteiger partial charge in [0.05, 0.1) is 16.3 Å². The van der Waals surface area contributed by atoms with Crippen molar-refractivity contribution in [3.63, 3.8) is 0 Å². The van der Waals surface area contributed by atoms with E-state index >= 15 is 0 Å². The van der Waals surface area contributed by atoms with E-state index in [2.05, 4.69) is 63.6 Å². The quantitative estimate of drug-likeness (QED) is 0.379. The molecule has 0 saturated carbocycles. The highest BCUT2D eigenvalue weighted by atomic mass is 32.1. The van der Waals surface area contributed by atoms with Gasteiger partial charge in [0.2, 0.25) is 0 Å². The first-order chi connectivity index (χ1) is 15.3. The Bertz CT molecular complexity index is 1150. The molecule has 1 fully saturated rings. The van der Waals surface area contributed by atoms with Crippen LogP contribution < -0.4 is 16.0 Å². The maximum absolute atomic E-state index is 4.91.